The first-order valence-corrected chi connectivity index (χ1v) is 7.07. The van der Waals surface area contributed by atoms with Crippen molar-refractivity contribution in [3.63, 3.8) is 0 Å². The molecule has 22 heavy (non-hydrogen) atoms. The van der Waals surface area contributed by atoms with Crippen molar-refractivity contribution in [2.45, 2.75) is 26.8 Å². The third-order valence-electron chi connectivity index (χ3n) is 3.31. The number of methoxy groups -OCH3 is 2. The van der Waals surface area contributed by atoms with E-state index in [1.807, 2.05) is 20.8 Å². The minimum absolute atomic E-state index is 0.0168. The average molecular weight is 309 g/mol. The lowest BCUT2D eigenvalue weighted by Gasteiger charge is -2.17. The van der Waals surface area contributed by atoms with Crippen LogP contribution in [0.3, 0.4) is 0 Å². The van der Waals surface area contributed by atoms with Crippen LogP contribution in [0.2, 0.25) is 0 Å². The number of amides is 1. The van der Waals surface area contributed by atoms with E-state index < -0.39 is 5.97 Å². The maximum Gasteiger partial charge on any atom is 0.338 e. The minimum Gasteiger partial charge on any atom is -0.497 e. The fraction of sp³-hybridized carbons (Fsp3) is 0.500. The molecule has 0 aromatic heterocycles. The van der Waals surface area contributed by atoms with Crippen LogP contribution >= 0.6 is 0 Å². The Morgan fingerprint density at radius 3 is 2.05 bits per heavy atom. The molecule has 0 radical (unpaired) electrons. The summed E-state index contributed by atoms with van der Waals surface area (Å²) in [5, 5.41) is 2.77. The van der Waals surface area contributed by atoms with Gasteiger partial charge in [0.25, 0.3) is 5.91 Å². The minimum atomic E-state index is -0.607. The SMILES string of the molecule is COc1cc(OC)cc(C(=O)OCC(=O)N[C@@H](C)C(C)C)c1. The van der Waals surface area contributed by atoms with Crippen LogP contribution in [0.4, 0.5) is 0 Å². The van der Waals surface area contributed by atoms with Crippen LogP contribution in [-0.4, -0.2) is 38.7 Å². The van der Waals surface area contributed by atoms with Crippen LogP contribution in [-0.2, 0) is 9.53 Å². The Hall–Kier alpha value is -2.24. The van der Waals surface area contributed by atoms with Gasteiger partial charge in [0, 0.05) is 12.1 Å². The summed E-state index contributed by atoms with van der Waals surface area (Å²) in [4.78, 5) is 23.7. The summed E-state index contributed by atoms with van der Waals surface area (Å²) in [6.45, 7) is 5.58. The Balaban J connectivity index is 2.64. The van der Waals surface area contributed by atoms with Crippen molar-refractivity contribution >= 4 is 11.9 Å². The summed E-state index contributed by atoms with van der Waals surface area (Å²) in [5.41, 5.74) is 0.265. The van der Waals surface area contributed by atoms with Gasteiger partial charge in [0.15, 0.2) is 6.61 Å². The highest BCUT2D eigenvalue weighted by Gasteiger charge is 2.15. The van der Waals surface area contributed by atoms with Crippen molar-refractivity contribution in [2.24, 2.45) is 5.92 Å². The van der Waals surface area contributed by atoms with Crippen LogP contribution < -0.4 is 14.8 Å². The summed E-state index contributed by atoms with van der Waals surface area (Å²) in [6, 6.07) is 4.72. The van der Waals surface area contributed by atoms with Crippen LogP contribution in [0.1, 0.15) is 31.1 Å². The Morgan fingerprint density at radius 1 is 1.05 bits per heavy atom. The Kier molecular flexibility index (Phi) is 6.69. The second-order valence-corrected chi connectivity index (χ2v) is 5.28. The molecule has 0 unspecified atom stereocenters. The van der Waals surface area contributed by atoms with Crippen molar-refractivity contribution < 1.29 is 23.8 Å². The number of carbonyl (C=O) groups excluding carboxylic acids is 2. The predicted octanol–water partition coefficient (Wildman–Crippen LogP) is 2.02. The molecule has 0 fully saturated rings. The third-order valence-corrected chi connectivity index (χ3v) is 3.31. The summed E-state index contributed by atoms with van der Waals surface area (Å²) in [5.74, 6) is 0.324. The molecule has 1 rings (SSSR count). The zero-order chi connectivity index (χ0) is 16.7. The molecule has 0 aliphatic heterocycles. The molecule has 122 valence electrons. The van der Waals surface area contributed by atoms with E-state index >= 15 is 0 Å². The van der Waals surface area contributed by atoms with Gasteiger partial charge in [-0.2, -0.15) is 0 Å². The topological polar surface area (TPSA) is 73.9 Å². The molecule has 0 heterocycles. The number of benzene rings is 1. The lowest BCUT2D eigenvalue weighted by atomic mass is 10.1. The van der Waals surface area contributed by atoms with Crippen LogP contribution in [0, 0.1) is 5.92 Å². The molecule has 1 amide bonds. The Morgan fingerprint density at radius 2 is 1.59 bits per heavy atom. The number of hydrogen-bond donors (Lipinski definition) is 1. The van der Waals surface area contributed by atoms with E-state index in [-0.39, 0.29) is 24.1 Å². The lowest BCUT2D eigenvalue weighted by molar-refractivity contribution is -0.125. The van der Waals surface area contributed by atoms with Crippen molar-refractivity contribution in [1.82, 2.24) is 5.32 Å². The van der Waals surface area contributed by atoms with Crippen LogP contribution in [0.25, 0.3) is 0 Å². The van der Waals surface area contributed by atoms with E-state index in [2.05, 4.69) is 5.32 Å². The largest absolute Gasteiger partial charge is 0.497 e. The van der Waals surface area contributed by atoms with E-state index in [4.69, 9.17) is 14.2 Å². The van der Waals surface area contributed by atoms with Gasteiger partial charge >= 0.3 is 5.97 Å². The molecule has 1 aromatic carbocycles. The van der Waals surface area contributed by atoms with Gasteiger partial charge in [0.2, 0.25) is 0 Å². The molecule has 0 spiro atoms. The fourth-order valence-corrected chi connectivity index (χ4v) is 1.60. The van der Waals surface area contributed by atoms with Crippen LogP contribution in [0.15, 0.2) is 18.2 Å². The maximum absolute atomic E-state index is 12.0. The molecular formula is C16H23NO5. The smallest absolute Gasteiger partial charge is 0.338 e. The zero-order valence-electron chi connectivity index (χ0n) is 13.6. The number of rotatable bonds is 7. The molecule has 0 aliphatic rings. The number of esters is 1. The van der Waals surface area contributed by atoms with Gasteiger partial charge in [-0.15, -0.1) is 0 Å². The quantitative estimate of drug-likeness (QED) is 0.780. The lowest BCUT2D eigenvalue weighted by Crippen LogP contribution is -2.38. The van der Waals surface area contributed by atoms with E-state index in [0.29, 0.717) is 17.4 Å². The molecule has 6 heteroatoms. The van der Waals surface area contributed by atoms with Gasteiger partial charge < -0.3 is 19.5 Å². The normalized spacial score (nSPS) is 11.7. The molecule has 1 atom stereocenters. The molecule has 0 saturated heterocycles. The highest BCUT2D eigenvalue weighted by Crippen LogP contribution is 2.22. The highest BCUT2D eigenvalue weighted by molar-refractivity contribution is 5.92. The molecule has 1 N–H and O–H groups in total. The summed E-state index contributed by atoms with van der Waals surface area (Å²) >= 11 is 0. The molecule has 0 bridgehead atoms. The van der Waals surface area contributed by atoms with Crippen LogP contribution in [0.5, 0.6) is 11.5 Å². The highest BCUT2D eigenvalue weighted by atomic mass is 16.5. The monoisotopic (exact) mass is 309 g/mol. The Labute approximate surface area is 130 Å². The van der Waals surface area contributed by atoms with Crippen molar-refractivity contribution in [3.05, 3.63) is 23.8 Å². The second-order valence-electron chi connectivity index (χ2n) is 5.28. The number of hydrogen-bond acceptors (Lipinski definition) is 5. The predicted molar refractivity (Wildman–Crippen MR) is 82.3 cm³/mol. The van der Waals surface area contributed by atoms with Gasteiger partial charge in [-0.3, -0.25) is 4.79 Å². The third kappa shape index (κ3) is 5.27. The molecule has 0 saturated carbocycles. The molecule has 0 aliphatic carbocycles. The molecule has 6 nitrogen and oxygen atoms in total. The first-order chi connectivity index (χ1) is 10.4. The second kappa shape index (κ2) is 8.26. The van der Waals surface area contributed by atoms with Gasteiger partial charge in [0.1, 0.15) is 11.5 Å². The number of nitrogens with one attached hydrogen (secondary N) is 1. The van der Waals surface area contributed by atoms with Crippen molar-refractivity contribution in [1.29, 1.82) is 0 Å². The molecular weight excluding hydrogens is 286 g/mol. The number of ether oxygens (including phenoxy) is 3. The van der Waals surface area contributed by atoms with Gasteiger partial charge in [-0.25, -0.2) is 4.79 Å². The fourth-order valence-electron chi connectivity index (χ4n) is 1.60. The first kappa shape index (κ1) is 17.8. The maximum atomic E-state index is 12.0. The van der Waals surface area contributed by atoms with E-state index in [0.717, 1.165) is 0 Å². The van der Waals surface area contributed by atoms with E-state index in [1.165, 1.54) is 26.4 Å². The molecule has 1 aromatic rings. The van der Waals surface area contributed by atoms with Crippen molar-refractivity contribution in [3.8, 4) is 11.5 Å². The van der Waals surface area contributed by atoms with Gasteiger partial charge in [-0.1, -0.05) is 13.8 Å². The Bertz CT molecular complexity index is 505. The standard InChI is InChI=1S/C16H23NO5/c1-10(2)11(3)17-15(18)9-22-16(19)12-6-13(20-4)8-14(7-12)21-5/h6-8,10-11H,9H2,1-5H3,(H,17,18)/t11-/m0/s1. The summed E-state index contributed by atoms with van der Waals surface area (Å²) < 4.78 is 15.2. The summed E-state index contributed by atoms with van der Waals surface area (Å²) in [6.07, 6.45) is 0. The van der Waals surface area contributed by atoms with E-state index in [1.54, 1.807) is 6.07 Å². The van der Waals surface area contributed by atoms with Gasteiger partial charge in [-0.05, 0) is 25.0 Å². The van der Waals surface area contributed by atoms with Crippen molar-refractivity contribution in [2.75, 3.05) is 20.8 Å². The average Bonchev–Trinajstić information content (AvgIpc) is 2.51. The van der Waals surface area contributed by atoms with E-state index in [9.17, 15) is 9.59 Å². The first-order valence-electron chi connectivity index (χ1n) is 7.07. The number of carbonyl (C=O) groups is 2. The van der Waals surface area contributed by atoms with Gasteiger partial charge in [0.05, 0.1) is 19.8 Å². The summed E-state index contributed by atoms with van der Waals surface area (Å²) in [7, 11) is 2.98. The zero-order valence-corrected chi connectivity index (χ0v) is 13.6.